The van der Waals surface area contributed by atoms with E-state index in [2.05, 4.69) is 6.07 Å². The normalized spacial score (nSPS) is 25.0. The van der Waals surface area contributed by atoms with E-state index < -0.39 is 0 Å². The Hall–Kier alpha value is -1.43. The molecule has 0 spiro atoms. The number of rotatable bonds is 3. The molecule has 2 aliphatic rings. The Morgan fingerprint density at radius 3 is 2.90 bits per heavy atom. The van der Waals surface area contributed by atoms with E-state index in [1.165, 1.54) is 5.56 Å². The first-order valence-corrected chi connectivity index (χ1v) is 7.71. The van der Waals surface area contributed by atoms with Crippen molar-refractivity contribution < 1.29 is 9.53 Å². The van der Waals surface area contributed by atoms with Gasteiger partial charge in [-0.25, -0.2) is 0 Å². The third-order valence-electron chi connectivity index (χ3n) is 4.41. The lowest BCUT2D eigenvalue weighted by Crippen LogP contribution is -2.42. The first-order chi connectivity index (χ1) is 10.2. The summed E-state index contributed by atoms with van der Waals surface area (Å²) in [4.78, 5) is 14.6. The molecule has 1 fully saturated rings. The molecule has 0 unspecified atom stereocenters. The first kappa shape index (κ1) is 14.5. The molecule has 3 rings (SSSR count). The fourth-order valence-electron chi connectivity index (χ4n) is 3.24. The zero-order valence-corrected chi connectivity index (χ0v) is 12.3. The summed E-state index contributed by atoms with van der Waals surface area (Å²) in [6, 6.07) is 6.14. The number of fused-ring (bicyclic) bond motifs is 1. The van der Waals surface area contributed by atoms with Gasteiger partial charge in [0.15, 0.2) is 0 Å². The Bertz CT molecular complexity index is 532. The molecule has 1 aromatic rings. The first-order valence-electron chi connectivity index (χ1n) is 7.71. The minimum Gasteiger partial charge on any atom is -0.364 e. The van der Waals surface area contributed by atoms with Crippen LogP contribution >= 0.6 is 0 Å². The minimum atomic E-state index is -0.335. The quantitative estimate of drug-likeness (QED) is 0.867. The Balaban J connectivity index is 1.80. The predicted octanol–water partition coefficient (Wildman–Crippen LogP) is 0.931. The standard InChI is InChI=1S/C16H23N3O2/c17-9-11-3-5-14-12(8-11)2-1-7-19(14)16(20)15-6-4-13(10-18)21-15/h3,5,8,13,15H,1-2,4,6-7,9-10,17-18H2/t13-,15+/m1/s1. The number of benzene rings is 1. The summed E-state index contributed by atoms with van der Waals surface area (Å²) in [5, 5.41) is 0. The van der Waals surface area contributed by atoms with Crippen molar-refractivity contribution in [3.8, 4) is 0 Å². The van der Waals surface area contributed by atoms with E-state index in [9.17, 15) is 4.79 Å². The number of amides is 1. The van der Waals surface area contributed by atoms with Gasteiger partial charge in [-0.1, -0.05) is 12.1 Å². The van der Waals surface area contributed by atoms with Crippen molar-refractivity contribution in [1.29, 1.82) is 0 Å². The maximum atomic E-state index is 12.7. The van der Waals surface area contributed by atoms with Crippen LogP contribution in [0.1, 0.15) is 30.4 Å². The molecule has 0 bridgehead atoms. The molecule has 0 radical (unpaired) electrons. The predicted molar refractivity (Wildman–Crippen MR) is 82.0 cm³/mol. The van der Waals surface area contributed by atoms with Crippen molar-refractivity contribution in [2.24, 2.45) is 11.5 Å². The maximum Gasteiger partial charge on any atom is 0.256 e. The summed E-state index contributed by atoms with van der Waals surface area (Å²) in [5.74, 6) is 0.0763. The molecule has 21 heavy (non-hydrogen) atoms. The van der Waals surface area contributed by atoms with E-state index >= 15 is 0 Å². The molecule has 5 heteroatoms. The van der Waals surface area contributed by atoms with Crippen molar-refractivity contribution in [3.05, 3.63) is 29.3 Å². The van der Waals surface area contributed by atoms with E-state index in [1.807, 2.05) is 17.0 Å². The molecule has 2 heterocycles. The van der Waals surface area contributed by atoms with Crippen LogP contribution in [0.15, 0.2) is 18.2 Å². The van der Waals surface area contributed by atoms with Gasteiger partial charge in [0.2, 0.25) is 0 Å². The van der Waals surface area contributed by atoms with Crippen LogP contribution in [0.25, 0.3) is 0 Å². The van der Waals surface area contributed by atoms with Crippen molar-refractivity contribution in [2.45, 2.75) is 44.4 Å². The molecule has 1 aromatic carbocycles. The molecule has 2 atom stereocenters. The van der Waals surface area contributed by atoms with E-state index in [0.29, 0.717) is 13.1 Å². The third kappa shape index (κ3) is 2.81. The second-order valence-electron chi connectivity index (χ2n) is 5.82. The molecule has 2 aliphatic heterocycles. The number of aryl methyl sites for hydroxylation is 1. The van der Waals surface area contributed by atoms with E-state index in [0.717, 1.165) is 43.5 Å². The van der Waals surface area contributed by atoms with Gasteiger partial charge in [0, 0.05) is 25.3 Å². The number of carbonyl (C=O) groups excluding carboxylic acids is 1. The number of hydrogen-bond acceptors (Lipinski definition) is 4. The van der Waals surface area contributed by atoms with Crippen LogP contribution in [0.5, 0.6) is 0 Å². The summed E-state index contributed by atoms with van der Waals surface area (Å²) >= 11 is 0. The summed E-state index contributed by atoms with van der Waals surface area (Å²) in [6.45, 7) is 1.78. The highest BCUT2D eigenvalue weighted by atomic mass is 16.5. The molecule has 0 saturated carbocycles. The lowest BCUT2D eigenvalue weighted by Gasteiger charge is -2.31. The summed E-state index contributed by atoms with van der Waals surface area (Å²) in [5.41, 5.74) is 14.7. The Morgan fingerprint density at radius 1 is 1.33 bits per heavy atom. The highest BCUT2D eigenvalue weighted by Gasteiger charge is 2.34. The van der Waals surface area contributed by atoms with Crippen molar-refractivity contribution >= 4 is 11.6 Å². The average molecular weight is 289 g/mol. The lowest BCUT2D eigenvalue weighted by atomic mass is 9.98. The Morgan fingerprint density at radius 2 is 2.19 bits per heavy atom. The SMILES string of the molecule is NCc1ccc2c(c1)CCCN2C(=O)[C@@H]1CC[C@H](CN)O1. The highest BCUT2D eigenvalue weighted by molar-refractivity contribution is 5.97. The molecular formula is C16H23N3O2. The van der Waals surface area contributed by atoms with Gasteiger partial charge in [-0.2, -0.15) is 0 Å². The average Bonchev–Trinajstić information content (AvgIpc) is 3.02. The van der Waals surface area contributed by atoms with Gasteiger partial charge in [0.05, 0.1) is 6.10 Å². The highest BCUT2D eigenvalue weighted by Crippen LogP contribution is 2.30. The smallest absolute Gasteiger partial charge is 0.256 e. The van der Waals surface area contributed by atoms with E-state index in [4.69, 9.17) is 16.2 Å². The number of carbonyl (C=O) groups is 1. The number of nitrogens with zero attached hydrogens (tertiary/aromatic N) is 1. The fourth-order valence-corrected chi connectivity index (χ4v) is 3.24. The van der Waals surface area contributed by atoms with Gasteiger partial charge in [-0.3, -0.25) is 4.79 Å². The summed E-state index contributed by atoms with van der Waals surface area (Å²) < 4.78 is 5.75. The molecule has 1 saturated heterocycles. The van der Waals surface area contributed by atoms with Gasteiger partial charge in [0.1, 0.15) is 6.10 Å². The van der Waals surface area contributed by atoms with Crippen LogP contribution in [0.3, 0.4) is 0 Å². The van der Waals surface area contributed by atoms with Crippen LogP contribution in [0.4, 0.5) is 5.69 Å². The largest absolute Gasteiger partial charge is 0.364 e. The number of ether oxygens (including phenoxy) is 1. The third-order valence-corrected chi connectivity index (χ3v) is 4.41. The topological polar surface area (TPSA) is 81.6 Å². The molecule has 1 amide bonds. The van der Waals surface area contributed by atoms with Crippen LogP contribution in [0.2, 0.25) is 0 Å². The summed E-state index contributed by atoms with van der Waals surface area (Å²) in [6.07, 6.45) is 3.33. The molecule has 0 aromatic heterocycles. The molecule has 0 aliphatic carbocycles. The van der Waals surface area contributed by atoms with Crippen LogP contribution in [0, 0.1) is 0 Å². The van der Waals surface area contributed by atoms with Crippen molar-refractivity contribution in [1.82, 2.24) is 0 Å². The zero-order chi connectivity index (χ0) is 14.8. The molecule has 4 N–H and O–H groups in total. The fraction of sp³-hybridized carbons (Fsp3) is 0.562. The number of hydrogen-bond donors (Lipinski definition) is 2. The number of nitrogens with two attached hydrogens (primary N) is 2. The van der Waals surface area contributed by atoms with Gasteiger partial charge in [-0.15, -0.1) is 0 Å². The van der Waals surface area contributed by atoms with Crippen LogP contribution in [-0.2, 0) is 22.5 Å². The second-order valence-corrected chi connectivity index (χ2v) is 5.82. The van der Waals surface area contributed by atoms with Crippen molar-refractivity contribution in [2.75, 3.05) is 18.0 Å². The van der Waals surface area contributed by atoms with Crippen LogP contribution in [-0.4, -0.2) is 31.2 Å². The van der Waals surface area contributed by atoms with Gasteiger partial charge < -0.3 is 21.1 Å². The Kier molecular flexibility index (Phi) is 4.24. The van der Waals surface area contributed by atoms with Gasteiger partial charge >= 0.3 is 0 Å². The lowest BCUT2D eigenvalue weighted by molar-refractivity contribution is -0.129. The maximum absolute atomic E-state index is 12.7. The zero-order valence-electron chi connectivity index (χ0n) is 12.3. The van der Waals surface area contributed by atoms with Gasteiger partial charge in [-0.05, 0) is 42.9 Å². The van der Waals surface area contributed by atoms with Gasteiger partial charge in [0.25, 0.3) is 5.91 Å². The van der Waals surface area contributed by atoms with E-state index in [-0.39, 0.29) is 18.1 Å². The second kappa shape index (κ2) is 6.13. The molecule has 114 valence electrons. The van der Waals surface area contributed by atoms with Crippen LogP contribution < -0.4 is 16.4 Å². The molecular weight excluding hydrogens is 266 g/mol. The summed E-state index contributed by atoms with van der Waals surface area (Å²) in [7, 11) is 0. The van der Waals surface area contributed by atoms with Crippen molar-refractivity contribution in [3.63, 3.8) is 0 Å². The minimum absolute atomic E-state index is 0.0304. The van der Waals surface area contributed by atoms with E-state index in [1.54, 1.807) is 0 Å². The monoisotopic (exact) mass is 289 g/mol. The molecule has 5 nitrogen and oxygen atoms in total. The Labute approximate surface area is 125 Å². The number of anilines is 1.